The van der Waals surface area contributed by atoms with Gasteiger partial charge in [-0.2, -0.15) is 4.89 Å². The topological polar surface area (TPSA) is 61.5 Å². The van der Waals surface area contributed by atoms with Crippen molar-refractivity contribution in [3.05, 3.63) is 0 Å². The van der Waals surface area contributed by atoms with Crippen LogP contribution in [-0.4, -0.2) is 19.1 Å². The standard InChI is InChI=1S/C4H9NO3/c1-3(5)4(6)8-7-2/h3H,5H2,1-2H3. The highest BCUT2D eigenvalue weighted by Crippen LogP contribution is 1.81. The Morgan fingerprint density at radius 3 is 2.38 bits per heavy atom. The summed E-state index contributed by atoms with van der Waals surface area (Å²) in [6.07, 6.45) is 0. The molecule has 0 saturated carbocycles. The first-order valence-corrected chi connectivity index (χ1v) is 2.18. The van der Waals surface area contributed by atoms with Crippen molar-refractivity contribution < 1.29 is 14.6 Å². The van der Waals surface area contributed by atoms with Crippen LogP contribution in [0.15, 0.2) is 0 Å². The van der Waals surface area contributed by atoms with E-state index in [-0.39, 0.29) is 0 Å². The lowest BCUT2D eigenvalue weighted by Crippen LogP contribution is -2.28. The summed E-state index contributed by atoms with van der Waals surface area (Å²) in [7, 11) is 1.25. The lowest BCUT2D eigenvalue weighted by Gasteiger charge is -1.99. The van der Waals surface area contributed by atoms with Crippen LogP contribution in [0.5, 0.6) is 0 Å². The van der Waals surface area contributed by atoms with Crippen LogP contribution in [0.3, 0.4) is 0 Å². The number of hydrogen-bond acceptors (Lipinski definition) is 4. The predicted molar refractivity (Wildman–Crippen MR) is 26.8 cm³/mol. The van der Waals surface area contributed by atoms with Crippen LogP contribution in [-0.2, 0) is 14.6 Å². The fourth-order valence-electron chi connectivity index (χ4n) is 0.158. The van der Waals surface area contributed by atoms with E-state index in [4.69, 9.17) is 5.73 Å². The molecule has 0 aliphatic heterocycles. The molecule has 0 saturated heterocycles. The Bertz CT molecular complexity index is 81.4. The van der Waals surface area contributed by atoms with E-state index in [9.17, 15) is 4.79 Å². The highest BCUT2D eigenvalue weighted by atomic mass is 17.2. The minimum atomic E-state index is -0.616. The van der Waals surface area contributed by atoms with Gasteiger partial charge in [0.2, 0.25) is 0 Å². The number of carbonyl (C=O) groups is 1. The second-order valence-corrected chi connectivity index (χ2v) is 1.36. The molecule has 0 bridgehead atoms. The van der Waals surface area contributed by atoms with Gasteiger partial charge in [0.1, 0.15) is 6.04 Å². The van der Waals surface area contributed by atoms with E-state index in [1.807, 2.05) is 0 Å². The molecule has 0 aromatic carbocycles. The predicted octanol–water partition coefficient (Wildman–Crippen LogP) is -0.562. The van der Waals surface area contributed by atoms with E-state index in [0.717, 1.165) is 0 Å². The second-order valence-electron chi connectivity index (χ2n) is 1.36. The molecule has 0 heterocycles. The van der Waals surface area contributed by atoms with E-state index in [1.54, 1.807) is 0 Å². The van der Waals surface area contributed by atoms with E-state index >= 15 is 0 Å². The Morgan fingerprint density at radius 2 is 2.25 bits per heavy atom. The molecule has 0 fully saturated rings. The van der Waals surface area contributed by atoms with Crippen LogP contribution in [0.2, 0.25) is 0 Å². The maximum absolute atomic E-state index is 10.3. The molecule has 0 spiro atoms. The van der Waals surface area contributed by atoms with Crippen molar-refractivity contribution in [3.63, 3.8) is 0 Å². The Morgan fingerprint density at radius 1 is 1.75 bits per heavy atom. The Kier molecular flexibility index (Phi) is 3.14. The van der Waals surface area contributed by atoms with Gasteiger partial charge < -0.3 is 5.73 Å². The summed E-state index contributed by atoms with van der Waals surface area (Å²) in [5.41, 5.74) is 5.07. The summed E-state index contributed by atoms with van der Waals surface area (Å²) in [5.74, 6) is -0.562. The third-order valence-corrected chi connectivity index (χ3v) is 0.537. The number of nitrogens with two attached hydrogens (primary N) is 1. The van der Waals surface area contributed by atoms with Crippen LogP contribution in [0.4, 0.5) is 0 Å². The van der Waals surface area contributed by atoms with E-state index in [0.29, 0.717) is 0 Å². The number of hydrogen-bond donors (Lipinski definition) is 1. The second kappa shape index (κ2) is 3.40. The Hall–Kier alpha value is -0.610. The van der Waals surface area contributed by atoms with Gasteiger partial charge in [-0.3, -0.25) is 4.89 Å². The molecule has 0 aromatic heterocycles. The molecule has 0 amide bonds. The summed E-state index contributed by atoms with van der Waals surface area (Å²) in [6.45, 7) is 1.52. The van der Waals surface area contributed by atoms with Crippen molar-refractivity contribution in [3.8, 4) is 0 Å². The third-order valence-electron chi connectivity index (χ3n) is 0.537. The third kappa shape index (κ3) is 2.54. The lowest BCUT2D eigenvalue weighted by atomic mass is 10.4. The fourth-order valence-corrected chi connectivity index (χ4v) is 0.158. The minimum absolute atomic E-state index is 0.562. The maximum atomic E-state index is 10.3. The monoisotopic (exact) mass is 119 g/mol. The van der Waals surface area contributed by atoms with Gasteiger partial charge in [-0.1, -0.05) is 0 Å². The van der Waals surface area contributed by atoms with Gasteiger partial charge in [0.25, 0.3) is 0 Å². The molecule has 48 valence electrons. The van der Waals surface area contributed by atoms with Crippen molar-refractivity contribution in [1.82, 2.24) is 0 Å². The van der Waals surface area contributed by atoms with Gasteiger partial charge in [-0.05, 0) is 6.92 Å². The minimum Gasteiger partial charge on any atom is -0.319 e. The van der Waals surface area contributed by atoms with Crippen molar-refractivity contribution in [1.29, 1.82) is 0 Å². The van der Waals surface area contributed by atoms with E-state index in [2.05, 4.69) is 9.78 Å². The number of rotatable bonds is 2. The number of carbonyl (C=O) groups excluding carboxylic acids is 1. The first-order chi connectivity index (χ1) is 3.68. The molecule has 0 radical (unpaired) electrons. The largest absolute Gasteiger partial charge is 0.358 e. The molecule has 4 heteroatoms. The smallest absolute Gasteiger partial charge is 0.319 e. The molecule has 8 heavy (non-hydrogen) atoms. The average molecular weight is 119 g/mol. The Balaban J connectivity index is 3.33. The van der Waals surface area contributed by atoms with Crippen molar-refractivity contribution in [2.24, 2.45) is 5.73 Å². The molecule has 0 rings (SSSR count). The molecule has 4 nitrogen and oxygen atoms in total. The van der Waals surface area contributed by atoms with Gasteiger partial charge in [0.05, 0.1) is 7.11 Å². The van der Waals surface area contributed by atoms with Crippen molar-refractivity contribution in [2.75, 3.05) is 7.11 Å². The molecular formula is C4H9NO3. The fraction of sp³-hybridized carbons (Fsp3) is 0.750. The highest BCUT2D eigenvalue weighted by molar-refractivity contribution is 5.74. The summed E-state index contributed by atoms with van der Waals surface area (Å²) in [4.78, 5) is 18.3. The van der Waals surface area contributed by atoms with Crippen molar-refractivity contribution >= 4 is 5.97 Å². The summed E-state index contributed by atoms with van der Waals surface area (Å²) in [5, 5.41) is 0. The molecule has 1 atom stereocenters. The summed E-state index contributed by atoms with van der Waals surface area (Å²) >= 11 is 0. The molecule has 1 unspecified atom stereocenters. The van der Waals surface area contributed by atoms with Crippen LogP contribution < -0.4 is 5.73 Å². The maximum Gasteiger partial charge on any atom is 0.358 e. The molecular weight excluding hydrogens is 110 g/mol. The van der Waals surface area contributed by atoms with Gasteiger partial charge in [0, 0.05) is 0 Å². The van der Waals surface area contributed by atoms with Crippen LogP contribution in [0, 0.1) is 0 Å². The first-order valence-electron chi connectivity index (χ1n) is 2.18. The summed E-state index contributed by atoms with van der Waals surface area (Å²) in [6, 6.07) is -0.616. The van der Waals surface area contributed by atoms with Crippen molar-refractivity contribution in [2.45, 2.75) is 13.0 Å². The molecule has 2 N–H and O–H groups in total. The van der Waals surface area contributed by atoms with Gasteiger partial charge in [-0.15, -0.1) is 0 Å². The highest BCUT2D eigenvalue weighted by Gasteiger charge is 2.07. The SMILES string of the molecule is COOC(=O)C(C)N. The summed E-state index contributed by atoms with van der Waals surface area (Å²) < 4.78 is 0. The van der Waals surface area contributed by atoms with Crippen LogP contribution >= 0.6 is 0 Å². The van der Waals surface area contributed by atoms with Crippen LogP contribution in [0.1, 0.15) is 6.92 Å². The quantitative estimate of drug-likeness (QED) is 0.391. The zero-order valence-corrected chi connectivity index (χ0v) is 4.88. The zero-order valence-electron chi connectivity index (χ0n) is 4.88. The first kappa shape index (κ1) is 7.39. The normalized spacial score (nSPS) is 12.9. The van der Waals surface area contributed by atoms with E-state index < -0.39 is 12.0 Å². The van der Waals surface area contributed by atoms with E-state index in [1.165, 1.54) is 14.0 Å². The van der Waals surface area contributed by atoms with Crippen LogP contribution in [0.25, 0.3) is 0 Å². The Labute approximate surface area is 47.5 Å². The molecule has 0 aromatic rings. The average Bonchev–Trinajstić information content (AvgIpc) is 1.67. The zero-order chi connectivity index (χ0) is 6.57. The molecule has 0 aliphatic carbocycles. The van der Waals surface area contributed by atoms with Gasteiger partial charge in [-0.25, -0.2) is 4.79 Å². The lowest BCUT2D eigenvalue weighted by molar-refractivity contribution is -0.255. The van der Waals surface area contributed by atoms with Gasteiger partial charge in [0.15, 0.2) is 0 Å². The van der Waals surface area contributed by atoms with Gasteiger partial charge >= 0.3 is 5.97 Å². The molecule has 0 aliphatic rings.